The summed E-state index contributed by atoms with van der Waals surface area (Å²) < 4.78 is 1.17. The molecule has 1 heterocycles. The average molecular weight is 293 g/mol. The summed E-state index contributed by atoms with van der Waals surface area (Å²) in [4.78, 5) is 4.11. The van der Waals surface area contributed by atoms with E-state index in [1.807, 2.05) is 0 Å². The van der Waals surface area contributed by atoms with E-state index < -0.39 is 0 Å². The van der Waals surface area contributed by atoms with Crippen molar-refractivity contribution in [2.45, 2.75) is 13.5 Å². The van der Waals surface area contributed by atoms with Crippen LogP contribution in [-0.4, -0.2) is 23.0 Å². The largest absolute Gasteiger partial charge is 0.392 e. The molecule has 0 aliphatic carbocycles. The van der Waals surface area contributed by atoms with E-state index in [2.05, 4.69) is 39.9 Å². The van der Waals surface area contributed by atoms with Crippen LogP contribution in [0.2, 0.25) is 0 Å². The predicted octanol–water partition coefficient (Wildman–Crippen LogP) is 2.62. The van der Waals surface area contributed by atoms with Gasteiger partial charge in [0.05, 0.1) is 8.77 Å². The summed E-state index contributed by atoms with van der Waals surface area (Å²) in [7, 11) is 0. The zero-order valence-electron chi connectivity index (χ0n) is 8.00. The first-order chi connectivity index (χ1) is 6.61. The number of nitrogens with zero attached hydrogens (tertiary/aromatic N) is 1. The van der Waals surface area contributed by atoms with Gasteiger partial charge >= 0.3 is 0 Å². The van der Waals surface area contributed by atoms with Crippen LogP contribution in [0, 0.1) is 0 Å². The van der Waals surface area contributed by atoms with Gasteiger partial charge in [-0.2, -0.15) is 0 Å². The highest BCUT2D eigenvalue weighted by molar-refractivity contribution is 9.11. The zero-order valence-corrected chi connectivity index (χ0v) is 11.2. The van der Waals surface area contributed by atoms with Crippen molar-refractivity contribution in [3.8, 4) is 0 Å². The van der Waals surface area contributed by atoms with E-state index in [0.717, 1.165) is 13.1 Å². The maximum Gasteiger partial charge on any atom is 0.0870 e. The molecular formula is C9H13BrN2S2. The van der Waals surface area contributed by atoms with Crippen molar-refractivity contribution in [2.75, 3.05) is 13.1 Å². The van der Waals surface area contributed by atoms with Crippen LogP contribution >= 0.6 is 39.5 Å². The summed E-state index contributed by atoms with van der Waals surface area (Å²) in [6.45, 7) is 4.69. The van der Waals surface area contributed by atoms with Gasteiger partial charge in [0.1, 0.15) is 0 Å². The number of thiocarbonyl (C=S) groups is 1. The minimum absolute atomic E-state index is 0.558. The van der Waals surface area contributed by atoms with Gasteiger partial charge in [-0.05, 0) is 34.6 Å². The number of hydrogen-bond acceptors (Lipinski definition) is 3. The van der Waals surface area contributed by atoms with Crippen LogP contribution in [0.15, 0.2) is 15.9 Å². The second-order valence-electron chi connectivity index (χ2n) is 2.98. The molecule has 1 rings (SSSR count). The van der Waals surface area contributed by atoms with E-state index in [9.17, 15) is 0 Å². The number of rotatable bonds is 5. The van der Waals surface area contributed by atoms with Crippen molar-refractivity contribution >= 4 is 44.5 Å². The molecule has 0 aliphatic heterocycles. The Bertz CT molecular complexity index is 312. The molecule has 2 N–H and O–H groups in total. The van der Waals surface area contributed by atoms with Crippen molar-refractivity contribution in [3.05, 3.63) is 20.8 Å². The van der Waals surface area contributed by atoms with E-state index in [0.29, 0.717) is 11.5 Å². The Kier molecular flexibility index (Phi) is 5.01. The molecule has 0 radical (unpaired) electrons. The summed E-state index contributed by atoms with van der Waals surface area (Å²) in [6, 6.07) is 4.19. The minimum Gasteiger partial charge on any atom is -0.392 e. The molecule has 0 saturated heterocycles. The third-order valence-electron chi connectivity index (χ3n) is 1.83. The van der Waals surface area contributed by atoms with Gasteiger partial charge in [-0.25, -0.2) is 0 Å². The molecule has 5 heteroatoms. The smallest absolute Gasteiger partial charge is 0.0870 e. The van der Waals surface area contributed by atoms with Gasteiger partial charge in [-0.1, -0.05) is 19.1 Å². The van der Waals surface area contributed by atoms with Crippen LogP contribution < -0.4 is 5.73 Å². The summed E-state index contributed by atoms with van der Waals surface area (Å²) in [5.41, 5.74) is 5.51. The van der Waals surface area contributed by atoms with Crippen molar-refractivity contribution in [3.63, 3.8) is 0 Å². The fourth-order valence-electron chi connectivity index (χ4n) is 1.16. The average Bonchev–Trinajstić information content (AvgIpc) is 2.49. The van der Waals surface area contributed by atoms with E-state index in [1.54, 1.807) is 11.3 Å². The monoisotopic (exact) mass is 292 g/mol. The van der Waals surface area contributed by atoms with Gasteiger partial charge < -0.3 is 5.73 Å². The lowest BCUT2D eigenvalue weighted by molar-refractivity contribution is 0.324. The van der Waals surface area contributed by atoms with Gasteiger partial charge in [0.15, 0.2) is 0 Å². The molecule has 14 heavy (non-hydrogen) atoms. The maximum absolute atomic E-state index is 5.51. The molecule has 0 aromatic carbocycles. The second-order valence-corrected chi connectivity index (χ2v) is 6.05. The lowest BCUT2D eigenvalue weighted by Crippen LogP contribution is -2.31. The molecule has 0 amide bonds. The molecule has 0 fully saturated rings. The topological polar surface area (TPSA) is 29.3 Å². The highest BCUT2D eigenvalue weighted by Crippen LogP contribution is 2.23. The summed E-state index contributed by atoms with van der Waals surface area (Å²) >= 11 is 10.1. The van der Waals surface area contributed by atoms with Crippen molar-refractivity contribution in [1.29, 1.82) is 0 Å². The Morgan fingerprint density at radius 3 is 2.79 bits per heavy atom. The van der Waals surface area contributed by atoms with Crippen molar-refractivity contribution in [1.82, 2.24) is 4.90 Å². The minimum atomic E-state index is 0.558. The standard InChI is InChI=1S/C9H13BrN2S2/c1-2-12(6-9(11)13)5-7-3-4-8(10)14-7/h3-4H,2,5-6H2,1H3,(H2,11,13). The SMILES string of the molecule is CCN(CC(N)=S)Cc1ccc(Br)s1. The zero-order chi connectivity index (χ0) is 10.6. The fourth-order valence-corrected chi connectivity index (χ4v) is 2.87. The molecule has 2 nitrogen and oxygen atoms in total. The Labute approximate surface area is 102 Å². The van der Waals surface area contributed by atoms with Gasteiger partial charge in [0.25, 0.3) is 0 Å². The summed E-state index contributed by atoms with van der Waals surface area (Å²) in [5.74, 6) is 0. The molecule has 0 unspecified atom stereocenters. The first kappa shape index (κ1) is 12.1. The molecule has 0 aliphatic rings. The Hall–Kier alpha value is 0.0300. The number of hydrogen-bond donors (Lipinski definition) is 1. The fraction of sp³-hybridized carbons (Fsp3) is 0.444. The predicted molar refractivity (Wildman–Crippen MR) is 69.8 cm³/mol. The third-order valence-corrected chi connectivity index (χ3v) is 3.57. The van der Waals surface area contributed by atoms with Crippen LogP contribution in [-0.2, 0) is 6.54 Å². The Morgan fingerprint density at radius 1 is 1.64 bits per heavy atom. The second kappa shape index (κ2) is 5.80. The normalized spacial score (nSPS) is 10.8. The number of nitrogens with two attached hydrogens (primary N) is 1. The Balaban J connectivity index is 2.52. The van der Waals surface area contributed by atoms with Crippen LogP contribution in [0.25, 0.3) is 0 Å². The number of likely N-dealkylation sites (N-methyl/N-ethyl adjacent to an activating group) is 1. The van der Waals surface area contributed by atoms with E-state index in [1.165, 1.54) is 8.66 Å². The van der Waals surface area contributed by atoms with Gasteiger partial charge in [-0.15, -0.1) is 11.3 Å². The van der Waals surface area contributed by atoms with E-state index in [4.69, 9.17) is 18.0 Å². The number of halogens is 1. The molecular weight excluding hydrogens is 280 g/mol. The third kappa shape index (κ3) is 4.04. The quantitative estimate of drug-likeness (QED) is 0.846. The van der Waals surface area contributed by atoms with Crippen LogP contribution in [0.4, 0.5) is 0 Å². The molecule has 78 valence electrons. The first-order valence-electron chi connectivity index (χ1n) is 4.36. The summed E-state index contributed by atoms with van der Waals surface area (Å²) in [6.07, 6.45) is 0. The highest BCUT2D eigenvalue weighted by Gasteiger charge is 2.06. The summed E-state index contributed by atoms with van der Waals surface area (Å²) in [5, 5.41) is 0. The van der Waals surface area contributed by atoms with Gasteiger partial charge in [-0.3, -0.25) is 4.90 Å². The van der Waals surface area contributed by atoms with Crippen molar-refractivity contribution in [2.24, 2.45) is 5.73 Å². The van der Waals surface area contributed by atoms with E-state index >= 15 is 0 Å². The van der Waals surface area contributed by atoms with Crippen LogP contribution in [0.3, 0.4) is 0 Å². The molecule has 0 bridgehead atoms. The number of thiophene rings is 1. The molecule has 1 aromatic heterocycles. The maximum atomic E-state index is 5.51. The molecule has 0 saturated carbocycles. The van der Waals surface area contributed by atoms with E-state index in [-0.39, 0.29) is 0 Å². The lowest BCUT2D eigenvalue weighted by atomic mass is 10.4. The molecule has 0 spiro atoms. The highest BCUT2D eigenvalue weighted by atomic mass is 79.9. The van der Waals surface area contributed by atoms with Gasteiger partial charge in [0.2, 0.25) is 0 Å². The first-order valence-corrected chi connectivity index (χ1v) is 6.38. The molecule has 1 aromatic rings. The van der Waals surface area contributed by atoms with Crippen LogP contribution in [0.1, 0.15) is 11.8 Å². The van der Waals surface area contributed by atoms with Crippen LogP contribution in [0.5, 0.6) is 0 Å². The Morgan fingerprint density at radius 2 is 2.36 bits per heavy atom. The van der Waals surface area contributed by atoms with Crippen molar-refractivity contribution < 1.29 is 0 Å². The lowest BCUT2D eigenvalue weighted by Gasteiger charge is -2.18. The molecule has 0 atom stereocenters. The van der Waals surface area contributed by atoms with Gasteiger partial charge in [0, 0.05) is 18.0 Å².